The Labute approximate surface area is 115 Å². The number of rotatable bonds is 12. The van der Waals surface area contributed by atoms with E-state index in [1.807, 2.05) is 0 Å². The van der Waals surface area contributed by atoms with Crippen molar-refractivity contribution in [3.8, 4) is 0 Å². The van der Waals surface area contributed by atoms with Crippen molar-refractivity contribution >= 4 is 0 Å². The SMILES string of the molecule is CCCC=CC=CC=CCCCCCCCCC. The minimum absolute atomic E-state index is 1.19. The van der Waals surface area contributed by atoms with Gasteiger partial charge >= 0.3 is 0 Å². The maximum Gasteiger partial charge on any atom is -0.0348 e. The van der Waals surface area contributed by atoms with Gasteiger partial charge in [0.05, 0.1) is 0 Å². The molecule has 0 bridgehead atoms. The standard InChI is InChI=1S/C18H32/c1-3-5-7-9-11-13-15-17-18-16-14-12-10-8-6-4-2/h7,9,11,13,15,17H,3-6,8,10,12,14,16,18H2,1-2H3. The van der Waals surface area contributed by atoms with E-state index in [0.717, 1.165) is 0 Å². The first-order valence-electron chi connectivity index (χ1n) is 7.90. The topological polar surface area (TPSA) is 0 Å². The average Bonchev–Trinajstić information content (AvgIpc) is 2.39. The minimum atomic E-state index is 1.19. The predicted molar refractivity (Wildman–Crippen MR) is 84.9 cm³/mol. The molecule has 18 heavy (non-hydrogen) atoms. The zero-order chi connectivity index (χ0) is 13.3. The largest absolute Gasteiger partial charge is 0.0845 e. The van der Waals surface area contributed by atoms with E-state index < -0.39 is 0 Å². The molecule has 0 nitrogen and oxygen atoms in total. The molecule has 104 valence electrons. The van der Waals surface area contributed by atoms with E-state index in [1.165, 1.54) is 64.2 Å². The second-order valence-corrected chi connectivity index (χ2v) is 4.94. The number of hydrogen-bond donors (Lipinski definition) is 0. The molecule has 0 saturated heterocycles. The molecule has 0 aromatic carbocycles. The number of unbranched alkanes of at least 4 members (excludes halogenated alkanes) is 8. The molecule has 0 saturated carbocycles. The van der Waals surface area contributed by atoms with Gasteiger partial charge in [0.15, 0.2) is 0 Å². The van der Waals surface area contributed by atoms with Crippen molar-refractivity contribution in [1.29, 1.82) is 0 Å². The molecule has 0 amide bonds. The maximum atomic E-state index is 2.29. The summed E-state index contributed by atoms with van der Waals surface area (Å²) in [5, 5.41) is 0. The van der Waals surface area contributed by atoms with E-state index in [9.17, 15) is 0 Å². The fourth-order valence-electron chi connectivity index (χ4n) is 1.86. The lowest BCUT2D eigenvalue weighted by Crippen LogP contribution is -1.78. The van der Waals surface area contributed by atoms with Gasteiger partial charge in [-0.25, -0.2) is 0 Å². The summed E-state index contributed by atoms with van der Waals surface area (Å²) in [6, 6.07) is 0. The van der Waals surface area contributed by atoms with Gasteiger partial charge < -0.3 is 0 Å². The van der Waals surface area contributed by atoms with Crippen LogP contribution in [0.3, 0.4) is 0 Å². The number of allylic oxidation sites excluding steroid dienone is 6. The van der Waals surface area contributed by atoms with E-state index in [-0.39, 0.29) is 0 Å². The van der Waals surface area contributed by atoms with Crippen LogP contribution in [0.4, 0.5) is 0 Å². The fourth-order valence-corrected chi connectivity index (χ4v) is 1.86. The Morgan fingerprint density at radius 3 is 1.67 bits per heavy atom. The normalized spacial score (nSPS) is 12.3. The summed E-state index contributed by atoms with van der Waals surface area (Å²) in [6.07, 6.45) is 26.5. The van der Waals surface area contributed by atoms with Gasteiger partial charge in [-0.05, 0) is 19.3 Å². The third kappa shape index (κ3) is 15.2. The molecule has 0 aromatic heterocycles. The maximum absolute atomic E-state index is 2.29. The smallest absolute Gasteiger partial charge is 0.0348 e. The third-order valence-electron chi connectivity index (χ3n) is 3.04. The average molecular weight is 248 g/mol. The second kappa shape index (κ2) is 16.2. The highest BCUT2D eigenvalue weighted by atomic mass is 13.9. The third-order valence-corrected chi connectivity index (χ3v) is 3.04. The van der Waals surface area contributed by atoms with Crippen LogP contribution in [-0.4, -0.2) is 0 Å². The molecular formula is C18H32. The zero-order valence-electron chi connectivity index (χ0n) is 12.5. The Kier molecular flexibility index (Phi) is 15.5. The Morgan fingerprint density at radius 1 is 0.500 bits per heavy atom. The first kappa shape index (κ1) is 17.2. The molecule has 0 atom stereocenters. The van der Waals surface area contributed by atoms with Crippen molar-refractivity contribution in [2.45, 2.75) is 78.1 Å². The van der Waals surface area contributed by atoms with Crippen LogP contribution in [0.1, 0.15) is 78.1 Å². The van der Waals surface area contributed by atoms with Crippen LogP contribution in [0, 0.1) is 0 Å². The fraction of sp³-hybridized carbons (Fsp3) is 0.667. The van der Waals surface area contributed by atoms with Crippen LogP contribution >= 0.6 is 0 Å². The molecule has 0 fully saturated rings. The van der Waals surface area contributed by atoms with Crippen LogP contribution in [0.5, 0.6) is 0 Å². The second-order valence-electron chi connectivity index (χ2n) is 4.94. The van der Waals surface area contributed by atoms with Crippen molar-refractivity contribution in [2.24, 2.45) is 0 Å². The summed E-state index contributed by atoms with van der Waals surface area (Å²) in [5.74, 6) is 0. The molecule has 0 aliphatic carbocycles. The van der Waals surface area contributed by atoms with E-state index >= 15 is 0 Å². The van der Waals surface area contributed by atoms with Gasteiger partial charge in [-0.2, -0.15) is 0 Å². The van der Waals surface area contributed by atoms with Gasteiger partial charge in [-0.3, -0.25) is 0 Å². The molecule has 0 rings (SSSR count). The lowest BCUT2D eigenvalue weighted by Gasteiger charge is -1.98. The van der Waals surface area contributed by atoms with Gasteiger partial charge in [0.25, 0.3) is 0 Å². The minimum Gasteiger partial charge on any atom is -0.0845 e. The first-order chi connectivity index (χ1) is 8.91. The molecule has 0 aliphatic rings. The first-order valence-corrected chi connectivity index (χ1v) is 7.90. The van der Waals surface area contributed by atoms with E-state index in [0.29, 0.717) is 0 Å². The van der Waals surface area contributed by atoms with Crippen molar-refractivity contribution in [3.05, 3.63) is 36.5 Å². The van der Waals surface area contributed by atoms with E-state index in [2.05, 4.69) is 50.3 Å². The summed E-state index contributed by atoms with van der Waals surface area (Å²) in [6.45, 7) is 4.48. The Morgan fingerprint density at radius 2 is 1.06 bits per heavy atom. The lowest BCUT2D eigenvalue weighted by molar-refractivity contribution is 0.592. The summed E-state index contributed by atoms with van der Waals surface area (Å²) in [5.41, 5.74) is 0. The van der Waals surface area contributed by atoms with Crippen molar-refractivity contribution < 1.29 is 0 Å². The number of hydrogen-bond acceptors (Lipinski definition) is 0. The molecule has 0 unspecified atom stereocenters. The van der Waals surface area contributed by atoms with Gasteiger partial charge in [0.2, 0.25) is 0 Å². The van der Waals surface area contributed by atoms with Crippen LogP contribution < -0.4 is 0 Å². The summed E-state index contributed by atoms with van der Waals surface area (Å²) >= 11 is 0. The summed E-state index contributed by atoms with van der Waals surface area (Å²) < 4.78 is 0. The predicted octanol–water partition coefficient (Wildman–Crippen LogP) is 6.60. The zero-order valence-corrected chi connectivity index (χ0v) is 12.5. The lowest BCUT2D eigenvalue weighted by atomic mass is 10.1. The van der Waals surface area contributed by atoms with Crippen LogP contribution in [-0.2, 0) is 0 Å². The summed E-state index contributed by atoms with van der Waals surface area (Å²) in [4.78, 5) is 0. The highest BCUT2D eigenvalue weighted by Crippen LogP contribution is 2.08. The van der Waals surface area contributed by atoms with Crippen LogP contribution in [0.15, 0.2) is 36.5 Å². The molecular weight excluding hydrogens is 216 g/mol. The molecule has 0 heterocycles. The molecule has 0 heteroatoms. The van der Waals surface area contributed by atoms with Gasteiger partial charge in [0, 0.05) is 0 Å². The highest BCUT2D eigenvalue weighted by molar-refractivity contribution is 5.10. The molecule has 0 aliphatic heterocycles. The highest BCUT2D eigenvalue weighted by Gasteiger charge is 1.88. The molecule has 0 N–H and O–H groups in total. The van der Waals surface area contributed by atoms with Gasteiger partial charge in [-0.1, -0.05) is 95.2 Å². The molecule has 0 spiro atoms. The Hall–Kier alpha value is -0.780. The monoisotopic (exact) mass is 248 g/mol. The Bertz CT molecular complexity index is 220. The Balaban J connectivity index is 3.22. The molecule has 0 radical (unpaired) electrons. The van der Waals surface area contributed by atoms with Gasteiger partial charge in [0.1, 0.15) is 0 Å². The summed E-state index contributed by atoms with van der Waals surface area (Å²) in [7, 11) is 0. The van der Waals surface area contributed by atoms with Crippen LogP contribution in [0.25, 0.3) is 0 Å². The van der Waals surface area contributed by atoms with Crippen LogP contribution in [0.2, 0.25) is 0 Å². The van der Waals surface area contributed by atoms with Crippen molar-refractivity contribution in [3.63, 3.8) is 0 Å². The van der Waals surface area contributed by atoms with Crippen molar-refractivity contribution in [1.82, 2.24) is 0 Å². The quantitative estimate of drug-likeness (QED) is 0.270. The van der Waals surface area contributed by atoms with E-state index in [1.54, 1.807) is 0 Å². The van der Waals surface area contributed by atoms with Gasteiger partial charge in [-0.15, -0.1) is 0 Å². The van der Waals surface area contributed by atoms with Crippen molar-refractivity contribution in [2.75, 3.05) is 0 Å². The van der Waals surface area contributed by atoms with E-state index in [4.69, 9.17) is 0 Å². The molecule has 0 aromatic rings.